The highest BCUT2D eigenvalue weighted by molar-refractivity contribution is 5.94. The average Bonchev–Trinajstić information content (AvgIpc) is 3.42. The molecule has 0 spiro atoms. The zero-order valence-electron chi connectivity index (χ0n) is 39.3. The molecule has 0 N–H and O–H groups in total. The van der Waals surface area contributed by atoms with Crippen molar-refractivity contribution in [3.8, 4) is 11.1 Å². The minimum Gasteiger partial charge on any atom is -0.0622 e. The second-order valence-electron chi connectivity index (χ2n) is 18.9. The fraction of sp³-hybridized carbons (Fsp3) is 0.176. The van der Waals surface area contributed by atoms with Crippen LogP contribution >= 0.6 is 0 Å². The number of rotatable bonds is 13. The van der Waals surface area contributed by atoms with Gasteiger partial charge in [0, 0.05) is 0 Å². The highest BCUT2D eigenvalue weighted by atomic mass is 14.2. The van der Waals surface area contributed by atoms with Crippen molar-refractivity contribution in [2.45, 2.75) is 76.0 Å². The van der Waals surface area contributed by atoms with Gasteiger partial charge in [0.05, 0.1) is 0 Å². The molecular formula is C68H62. The molecule has 8 aromatic rings. The van der Waals surface area contributed by atoms with Crippen molar-refractivity contribution >= 4 is 47.6 Å². The molecule has 0 heteroatoms. The van der Waals surface area contributed by atoms with Gasteiger partial charge in [-0.3, -0.25) is 0 Å². The molecule has 10 rings (SSSR count). The summed E-state index contributed by atoms with van der Waals surface area (Å²) >= 11 is 0. The highest BCUT2D eigenvalue weighted by Gasteiger charge is 2.18. The van der Waals surface area contributed by atoms with Gasteiger partial charge in [-0.2, -0.15) is 0 Å². The van der Waals surface area contributed by atoms with Gasteiger partial charge in [0.25, 0.3) is 0 Å². The van der Waals surface area contributed by atoms with E-state index >= 15 is 0 Å². The van der Waals surface area contributed by atoms with Crippen LogP contribution in [0.4, 0.5) is 0 Å². The molecule has 0 unspecified atom stereocenters. The quantitative estimate of drug-likeness (QED) is 0.101. The Kier molecular flexibility index (Phi) is 14.4. The van der Waals surface area contributed by atoms with Gasteiger partial charge in [-0.05, 0) is 139 Å². The van der Waals surface area contributed by atoms with Crippen molar-refractivity contribution in [1.29, 1.82) is 0 Å². The lowest BCUT2D eigenvalue weighted by Gasteiger charge is -2.22. The maximum Gasteiger partial charge on any atom is -0.0105 e. The SMILES string of the molecule is C(=Cc1ccccc1C=C(c1ccccc1)c1ccc(C2CCCCC2)cc1)c1ccc(-c2ccc(C=Cc3ccccc3C=C(c3ccccc3)c3ccc(C4CCCCC4)cc3)cc2)cc1. The smallest absolute Gasteiger partial charge is 0.0105 e. The molecule has 0 heterocycles. The molecule has 334 valence electrons. The second-order valence-corrected chi connectivity index (χ2v) is 18.9. The van der Waals surface area contributed by atoms with E-state index in [-0.39, 0.29) is 0 Å². The summed E-state index contributed by atoms with van der Waals surface area (Å²) in [6.07, 6.45) is 27.1. The van der Waals surface area contributed by atoms with Crippen LogP contribution in [0.25, 0.3) is 58.7 Å². The van der Waals surface area contributed by atoms with Gasteiger partial charge in [0.2, 0.25) is 0 Å². The lowest BCUT2D eigenvalue weighted by molar-refractivity contribution is 0.443. The summed E-state index contributed by atoms with van der Waals surface area (Å²) in [5.41, 5.74) is 20.0. The van der Waals surface area contributed by atoms with Crippen LogP contribution in [0, 0.1) is 0 Å². The molecule has 2 saturated carbocycles. The van der Waals surface area contributed by atoms with E-state index in [0.717, 1.165) is 0 Å². The molecule has 0 bridgehead atoms. The molecular weight excluding hydrogens is 817 g/mol. The first kappa shape index (κ1) is 44.6. The molecule has 8 aromatic carbocycles. The largest absolute Gasteiger partial charge is 0.0622 e. The summed E-state index contributed by atoms with van der Waals surface area (Å²) in [6.45, 7) is 0. The van der Waals surface area contributed by atoms with Gasteiger partial charge in [0.1, 0.15) is 0 Å². The van der Waals surface area contributed by atoms with Gasteiger partial charge < -0.3 is 0 Å². The van der Waals surface area contributed by atoms with Gasteiger partial charge >= 0.3 is 0 Å². The average molecular weight is 879 g/mol. The maximum atomic E-state index is 2.38. The van der Waals surface area contributed by atoms with Crippen LogP contribution in [0.15, 0.2) is 206 Å². The lowest BCUT2D eigenvalue weighted by atomic mass is 9.83. The first-order chi connectivity index (χ1) is 33.7. The van der Waals surface area contributed by atoms with E-state index in [0.29, 0.717) is 11.8 Å². The Bertz CT molecular complexity index is 2780. The minimum atomic E-state index is 0.702. The van der Waals surface area contributed by atoms with Crippen LogP contribution in [-0.2, 0) is 0 Å². The zero-order chi connectivity index (χ0) is 45.7. The van der Waals surface area contributed by atoms with E-state index < -0.39 is 0 Å². The highest BCUT2D eigenvalue weighted by Crippen LogP contribution is 2.37. The van der Waals surface area contributed by atoms with Crippen LogP contribution in [0.3, 0.4) is 0 Å². The zero-order valence-corrected chi connectivity index (χ0v) is 39.3. The third kappa shape index (κ3) is 11.1. The number of benzene rings is 8. The van der Waals surface area contributed by atoms with Gasteiger partial charge in [-0.1, -0.05) is 269 Å². The first-order valence-electron chi connectivity index (χ1n) is 25.2. The Balaban J connectivity index is 0.836. The summed E-state index contributed by atoms with van der Waals surface area (Å²) in [5.74, 6) is 1.40. The van der Waals surface area contributed by atoms with E-state index in [9.17, 15) is 0 Å². The molecule has 0 atom stereocenters. The summed E-state index contributed by atoms with van der Waals surface area (Å²) in [5, 5.41) is 0. The van der Waals surface area contributed by atoms with E-state index in [1.807, 2.05) is 0 Å². The summed E-state index contributed by atoms with van der Waals surface area (Å²) < 4.78 is 0. The summed E-state index contributed by atoms with van der Waals surface area (Å²) in [6, 6.07) is 75.8. The van der Waals surface area contributed by atoms with Crippen molar-refractivity contribution in [2.75, 3.05) is 0 Å². The maximum absolute atomic E-state index is 2.38. The predicted octanol–water partition coefficient (Wildman–Crippen LogP) is 19.0. The monoisotopic (exact) mass is 878 g/mol. The topological polar surface area (TPSA) is 0 Å². The van der Waals surface area contributed by atoms with Crippen molar-refractivity contribution in [1.82, 2.24) is 0 Å². The third-order valence-electron chi connectivity index (χ3n) is 14.4. The Hall–Kier alpha value is -7.28. The fourth-order valence-corrected chi connectivity index (χ4v) is 10.5. The Morgan fingerprint density at radius 2 is 0.603 bits per heavy atom. The standard InChI is InChI=1S/C68H62/c1-5-17-53(18-6-1)59-41-45-63(46-42-59)67(61-23-9-3-10-24-61)49-65-27-15-13-21-55(65)35-29-51-31-37-57(38-32-51)58-39-33-52(34-40-58)30-36-56-22-14-16-28-66(56)50-68(62-25-11-4-12-26-62)64-47-43-60(44-48-64)54-19-7-2-8-20-54/h3-4,9-16,21-50,53-54H,1-2,5-8,17-20H2. The van der Waals surface area contributed by atoms with E-state index in [4.69, 9.17) is 0 Å². The molecule has 68 heavy (non-hydrogen) atoms. The molecule has 0 aromatic heterocycles. The Morgan fingerprint density at radius 3 is 0.971 bits per heavy atom. The fourth-order valence-electron chi connectivity index (χ4n) is 10.5. The Morgan fingerprint density at radius 1 is 0.279 bits per heavy atom. The molecule has 0 nitrogen and oxygen atoms in total. The van der Waals surface area contributed by atoms with E-state index in [2.05, 4.69) is 243 Å². The van der Waals surface area contributed by atoms with Crippen LogP contribution < -0.4 is 0 Å². The molecule has 0 saturated heterocycles. The van der Waals surface area contributed by atoms with Gasteiger partial charge in [0.15, 0.2) is 0 Å². The second kappa shape index (κ2) is 22.0. The van der Waals surface area contributed by atoms with Crippen molar-refractivity contribution < 1.29 is 0 Å². The van der Waals surface area contributed by atoms with E-state index in [1.165, 1.54) is 153 Å². The number of hydrogen-bond acceptors (Lipinski definition) is 0. The van der Waals surface area contributed by atoms with Crippen molar-refractivity contribution in [2.24, 2.45) is 0 Å². The molecule has 0 aliphatic heterocycles. The van der Waals surface area contributed by atoms with Gasteiger partial charge in [-0.15, -0.1) is 0 Å². The minimum absolute atomic E-state index is 0.702. The molecule has 0 radical (unpaired) electrons. The van der Waals surface area contributed by atoms with Crippen LogP contribution in [0.5, 0.6) is 0 Å². The molecule has 2 aliphatic carbocycles. The van der Waals surface area contributed by atoms with Gasteiger partial charge in [-0.25, -0.2) is 0 Å². The first-order valence-corrected chi connectivity index (χ1v) is 25.2. The molecule has 2 aliphatic rings. The lowest BCUT2D eigenvalue weighted by Crippen LogP contribution is -2.04. The number of hydrogen-bond donors (Lipinski definition) is 0. The summed E-state index contributed by atoms with van der Waals surface area (Å²) in [4.78, 5) is 0. The molecule has 2 fully saturated rings. The van der Waals surface area contributed by atoms with Crippen molar-refractivity contribution in [3.05, 3.63) is 273 Å². The normalized spacial score (nSPS) is 15.3. The van der Waals surface area contributed by atoms with E-state index in [1.54, 1.807) is 0 Å². The summed E-state index contributed by atoms with van der Waals surface area (Å²) in [7, 11) is 0. The van der Waals surface area contributed by atoms with Crippen molar-refractivity contribution in [3.63, 3.8) is 0 Å². The molecule has 0 amide bonds. The Labute approximate surface area is 405 Å². The van der Waals surface area contributed by atoms with Crippen LogP contribution in [0.2, 0.25) is 0 Å². The third-order valence-corrected chi connectivity index (χ3v) is 14.4. The van der Waals surface area contributed by atoms with Crippen LogP contribution in [-0.4, -0.2) is 0 Å². The predicted molar refractivity (Wildman–Crippen MR) is 294 cm³/mol. The van der Waals surface area contributed by atoms with Crippen LogP contribution in [0.1, 0.15) is 143 Å².